The topological polar surface area (TPSA) is 93.2 Å². The lowest BCUT2D eigenvalue weighted by Crippen LogP contribution is -2.33. The molecule has 48 heavy (non-hydrogen) atoms. The molecule has 0 aromatic heterocycles. The third kappa shape index (κ3) is 3.76. The lowest BCUT2D eigenvalue weighted by molar-refractivity contribution is -0.124. The first-order valence-electron chi connectivity index (χ1n) is 15.7. The first-order valence-corrected chi connectivity index (χ1v) is 15.7. The summed E-state index contributed by atoms with van der Waals surface area (Å²) in [6, 6.07) is 10.9. The fourth-order valence-corrected chi connectivity index (χ4v) is 8.73. The number of carbonyl (C=O) groups excluding carboxylic acids is 4. The summed E-state index contributed by atoms with van der Waals surface area (Å²) in [5, 5.41) is 0. The second-order valence-corrected chi connectivity index (χ2v) is 13.1. The van der Waals surface area contributed by atoms with Gasteiger partial charge in [0, 0.05) is 0 Å². The van der Waals surface area contributed by atoms with Crippen LogP contribution in [0.4, 0.5) is 28.9 Å². The second-order valence-electron chi connectivity index (χ2n) is 13.1. The Bertz CT molecular complexity index is 1830. The Morgan fingerprint density at radius 1 is 0.479 bits per heavy atom. The lowest BCUT2D eigenvalue weighted by Gasteiger charge is -2.22. The molecule has 0 spiro atoms. The molecule has 0 N–H and O–H groups in total. The Hall–Kier alpha value is -5.26. The number of allylic oxidation sites excluding steroid dienone is 4. The van der Waals surface area contributed by atoms with Crippen LogP contribution < -0.4 is 19.3 Å². The van der Waals surface area contributed by atoms with E-state index in [-0.39, 0.29) is 46.5 Å². The van der Waals surface area contributed by atoms with Crippen LogP contribution in [0.5, 0.6) is 23.0 Å². The van der Waals surface area contributed by atoms with Gasteiger partial charge in [-0.25, -0.2) is 9.80 Å². The third-order valence-corrected chi connectivity index (χ3v) is 10.8. The van der Waals surface area contributed by atoms with Gasteiger partial charge >= 0.3 is 0 Å². The molecule has 0 radical (unpaired) electrons. The molecule has 4 amide bonds. The molecule has 242 valence electrons. The molecule has 2 saturated heterocycles. The van der Waals surface area contributed by atoms with Crippen LogP contribution >= 0.6 is 0 Å². The van der Waals surface area contributed by atoms with Crippen molar-refractivity contribution in [3.05, 3.63) is 96.1 Å². The van der Waals surface area contributed by atoms with Gasteiger partial charge in [-0.1, -0.05) is 48.6 Å². The van der Waals surface area contributed by atoms with Crippen molar-refractivity contribution in [1.82, 2.24) is 0 Å². The Balaban J connectivity index is 1.03. The zero-order chi connectivity index (χ0) is 33.2. The predicted molar refractivity (Wildman–Crippen MR) is 160 cm³/mol. The molecule has 2 aliphatic heterocycles. The Morgan fingerprint density at radius 3 is 1.08 bits per heavy atom. The molecule has 12 heteroatoms. The molecule has 6 aliphatic rings. The first-order chi connectivity index (χ1) is 23.2. The molecule has 8 nitrogen and oxygen atoms in total. The third-order valence-electron chi connectivity index (χ3n) is 10.8. The molecular formula is C36H24F4N2O6. The Labute approximate surface area is 270 Å². The SMILES string of the molecule is O=C1[C@@H]2[C@H](C(=O)N1c1ccccc1Oc1c(F)c(F)c(Oc3ccccc3N3C(=O)[C@@H]4[C@H](C3=O)[C@H]3C=C[C@H]4C3)c(F)c1F)[C@H]1C=C[C@H]2C1. The molecular weight excluding hydrogens is 632 g/mol. The van der Waals surface area contributed by atoms with E-state index in [2.05, 4.69) is 0 Å². The number of hydrogen-bond donors (Lipinski definition) is 0. The number of nitrogens with zero attached hydrogens (tertiary/aromatic N) is 2. The summed E-state index contributed by atoms with van der Waals surface area (Å²) in [6.45, 7) is 0. The Kier molecular flexibility index (Phi) is 6.10. The summed E-state index contributed by atoms with van der Waals surface area (Å²) < 4.78 is 73.0. The fourth-order valence-electron chi connectivity index (χ4n) is 8.73. The summed E-state index contributed by atoms with van der Waals surface area (Å²) in [5.74, 6) is -16.1. The van der Waals surface area contributed by atoms with Crippen molar-refractivity contribution in [1.29, 1.82) is 0 Å². The lowest BCUT2D eigenvalue weighted by atomic mass is 9.85. The number of hydrogen-bond acceptors (Lipinski definition) is 6. The van der Waals surface area contributed by atoms with E-state index in [1.54, 1.807) is 0 Å². The van der Waals surface area contributed by atoms with Crippen molar-refractivity contribution in [2.45, 2.75) is 12.8 Å². The molecule has 2 saturated carbocycles. The first kappa shape index (κ1) is 28.9. The summed E-state index contributed by atoms with van der Waals surface area (Å²) in [7, 11) is 0. The average molecular weight is 657 g/mol. The van der Waals surface area contributed by atoms with Crippen molar-refractivity contribution >= 4 is 35.0 Å². The number of benzene rings is 3. The molecule has 3 aromatic carbocycles. The number of halogens is 4. The van der Waals surface area contributed by atoms with Crippen LogP contribution in [0.1, 0.15) is 12.8 Å². The minimum atomic E-state index is -1.94. The van der Waals surface area contributed by atoms with E-state index >= 15 is 17.6 Å². The highest BCUT2D eigenvalue weighted by atomic mass is 19.2. The van der Waals surface area contributed by atoms with E-state index in [0.29, 0.717) is 12.8 Å². The minimum Gasteiger partial charge on any atom is -0.449 e. The summed E-state index contributed by atoms with van der Waals surface area (Å²) in [5.41, 5.74) is -0.243. The number of rotatable bonds is 6. The highest BCUT2D eigenvalue weighted by Crippen LogP contribution is 2.56. The molecule has 4 fully saturated rings. The van der Waals surface area contributed by atoms with Crippen LogP contribution in [0.2, 0.25) is 0 Å². The van der Waals surface area contributed by atoms with Gasteiger partial charge in [0.05, 0.1) is 35.0 Å². The second kappa shape index (κ2) is 10.1. The molecule has 2 heterocycles. The van der Waals surface area contributed by atoms with Crippen LogP contribution in [0, 0.1) is 70.6 Å². The summed E-state index contributed by atoms with van der Waals surface area (Å²) in [4.78, 5) is 55.4. The van der Waals surface area contributed by atoms with Crippen molar-refractivity contribution < 1.29 is 46.2 Å². The van der Waals surface area contributed by atoms with Gasteiger partial charge in [-0.15, -0.1) is 0 Å². The number of ether oxygens (including phenoxy) is 2. The molecule has 3 aromatic rings. The van der Waals surface area contributed by atoms with Gasteiger partial charge in [0.25, 0.3) is 0 Å². The van der Waals surface area contributed by atoms with E-state index in [9.17, 15) is 19.2 Å². The number of imide groups is 2. The molecule has 4 bridgehead atoms. The predicted octanol–water partition coefficient (Wildman–Crippen LogP) is 6.45. The zero-order valence-corrected chi connectivity index (χ0v) is 24.8. The highest BCUT2D eigenvalue weighted by Gasteiger charge is 2.61. The monoisotopic (exact) mass is 656 g/mol. The highest BCUT2D eigenvalue weighted by molar-refractivity contribution is 6.24. The molecule has 8 atom stereocenters. The van der Waals surface area contributed by atoms with Gasteiger partial charge in [-0.3, -0.25) is 19.2 Å². The quantitative estimate of drug-likeness (QED) is 0.131. The molecule has 9 rings (SSSR count). The standard InChI is InChI=1S/C36H24F4N2O6/c37-27-29(39)32(48-22-8-4-2-6-20(22)42-35(45)25-17-11-12-18(14-17)26(25)36(42)46)30(40)28(38)31(27)47-21-7-3-1-5-19(21)41-33(43)23-15-9-10-16(13-15)24(23)34(41)44/h1-12,15-18,23-26H,13-14H2/t15-,16-,17-,18-,23-,24+,25-,26+/m0/s1. The molecule has 0 unspecified atom stereocenters. The Morgan fingerprint density at radius 2 is 0.771 bits per heavy atom. The van der Waals surface area contributed by atoms with Crippen LogP contribution in [0.25, 0.3) is 0 Å². The number of para-hydroxylation sites is 4. The van der Waals surface area contributed by atoms with Gasteiger partial charge in [0.2, 0.25) is 58.4 Å². The molecule has 4 aliphatic carbocycles. The number of amides is 4. The number of anilines is 2. The smallest absolute Gasteiger partial charge is 0.238 e. The largest absolute Gasteiger partial charge is 0.449 e. The number of carbonyl (C=O) groups is 4. The van der Waals surface area contributed by atoms with Crippen LogP contribution in [0.3, 0.4) is 0 Å². The van der Waals surface area contributed by atoms with Crippen LogP contribution in [-0.4, -0.2) is 23.6 Å². The van der Waals surface area contributed by atoms with Crippen molar-refractivity contribution in [2.75, 3.05) is 9.80 Å². The van der Waals surface area contributed by atoms with Gasteiger partial charge in [-0.2, -0.15) is 17.6 Å². The maximum absolute atomic E-state index is 15.6. The van der Waals surface area contributed by atoms with Crippen molar-refractivity contribution in [2.24, 2.45) is 47.3 Å². The minimum absolute atomic E-state index is 0.0984. The van der Waals surface area contributed by atoms with Crippen molar-refractivity contribution in [3.8, 4) is 23.0 Å². The van der Waals surface area contributed by atoms with Gasteiger partial charge in [0.1, 0.15) is 0 Å². The van der Waals surface area contributed by atoms with E-state index < -0.39 is 82.1 Å². The van der Waals surface area contributed by atoms with E-state index in [1.807, 2.05) is 24.3 Å². The summed E-state index contributed by atoms with van der Waals surface area (Å²) in [6.07, 6.45) is 9.03. The maximum Gasteiger partial charge on any atom is 0.238 e. The van der Waals surface area contributed by atoms with Gasteiger partial charge in [0.15, 0.2) is 11.5 Å². The zero-order valence-electron chi connectivity index (χ0n) is 24.8. The normalized spacial score (nSPS) is 30.7. The van der Waals surface area contributed by atoms with E-state index in [1.165, 1.54) is 48.5 Å². The van der Waals surface area contributed by atoms with Gasteiger partial charge < -0.3 is 9.47 Å². The van der Waals surface area contributed by atoms with E-state index in [0.717, 1.165) is 9.80 Å². The fraction of sp³-hybridized carbons (Fsp3) is 0.278. The van der Waals surface area contributed by atoms with Gasteiger partial charge in [-0.05, 0) is 60.8 Å². The van der Waals surface area contributed by atoms with Crippen LogP contribution in [-0.2, 0) is 19.2 Å². The van der Waals surface area contributed by atoms with Crippen molar-refractivity contribution in [3.63, 3.8) is 0 Å². The number of fused-ring (bicyclic) bond motifs is 10. The summed E-state index contributed by atoms with van der Waals surface area (Å²) >= 11 is 0. The average Bonchev–Trinajstić information content (AvgIpc) is 3.94. The van der Waals surface area contributed by atoms with E-state index in [4.69, 9.17) is 9.47 Å². The van der Waals surface area contributed by atoms with Crippen LogP contribution in [0.15, 0.2) is 72.8 Å². The maximum atomic E-state index is 15.6.